The minimum Gasteiger partial charge on any atom is -0.496 e. The van der Waals surface area contributed by atoms with Crippen LogP contribution in [-0.4, -0.2) is 18.2 Å². The molecule has 0 bridgehead atoms. The Balaban J connectivity index is 2.80. The minimum absolute atomic E-state index is 0.0159. The number of ether oxygens (including phenoxy) is 1. The molecule has 0 radical (unpaired) electrons. The summed E-state index contributed by atoms with van der Waals surface area (Å²) in [4.78, 5) is 10.3. The van der Waals surface area contributed by atoms with E-state index < -0.39 is 5.97 Å². The number of carbonyl (C=O) groups is 1. The molecular formula is C10H11FO3. The Hall–Kier alpha value is -1.58. The summed E-state index contributed by atoms with van der Waals surface area (Å²) >= 11 is 0. The molecule has 1 aromatic rings. The van der Waals surface area contributed by atoms with Crippen LogP contribution in [0.15, 0.2) is 18.2 Å². The van der Waals surface area contributed by atoms with E-state index >= 15 is 0 Å². The van der Waals surface area contributed by atoms with E-state index in [9.17, 15) is 9.18 Å². The number of carboxylic acids is 1. The van der Waals surface area contributed by atoms with Gasteiger partial charge < -0.3 is 9.84 Å². The summed E-state index contributed by atoms with van der Waals surface area (Å²) < 4.78 is 17.7. The molecule has 0 spiro atoms. The highest BCUT2D eigenvalue weighted by atomic mass is 19.1. The van der Waals surface area contributed by atoms with Gasteiger partial charge in [0.05, 0.1) is 7.11 Å². The van der Waals surface area contributed by atoms with Crippen LogP contribution in [0.25, 0.3) is 0 Å². The van der Waals surface area contributed by atoms with Crippen LogP contribution in [0.3, 0.4) is 0 Å². The van der Waals surface area contributed by atoms with Crippen molar-refractivity contribution in [2.45, 2.75) is 12.8 Å². The van der Waals surface area contributed by atoms with Gasteiger partial charge in [0.2, 0.25) is 0 Å². The largest absolute Gasteiger partial charge is 0.496 e. The summed E-state index contributed by atoms with van der Waals surface area (Å²) in [5.41, 5.74) is 0.705. The molecule has 1 rings (SSSR count). The first-order valence-electron chi connectivity index (χ1n) is 4.17. The number of hydrogen-bond acceptors (Lipinski definition) is 2. The number of rotatable bonds is 4. The maximum Gasteiger partial charge on any atom is 0.303 e. The fourth-order valence-corrected chi connectivity index (χ4v) is 1.17. The second-order valence-electron chi connectivity index (χ2n) is 2.85. The lowest BCUT2D eigenvalue weighted by Gasteiger charge is -2.06. The predicted molar refractivity (Wildman–Crippen MR) is 48.9 cm³/mol. The van der Waals surface area contributed by atoms with Crippen LogP contribution in [-0.2, 0) is 11.2 Å². The summed E-state index contributed by atoms with van der Waals surface area (Å²) in [6.45, 7) is 0. The molecule has 4 heteroatoms. The number of carboxylic acid groups (broad SMARTS) is 1. The number of hydrogen-bond donors (Lipinski definition) is 1. The van der Waals surface area contributed by atoms with Gasteiger partial charge in [-0.05, 0) is 18.1 Å². The highest BCUT2D eigenvalue weighted by Gasteiger charge is 2.06. The summed E-state index contributed by atoms with van der Waals surface area (Å²) in [6.07, 6.45) is 0.362. The second kappa shape index (κ2) is 4.60. The lowest BCUT2D eigenvalue weighted by molar-refractivity contribution is -0.136. The van der Waals surface area contributed by atoms with Crippen molar-refractivity contribution in [3.63, 3.8) is 0 Å². The quantitative estimate of drug-likeness (QED) is 0.803. The van der Waals surface area contributed by atoms with Crippen molar-refractivity contribution in [3.05, 3.63) is 29.6 Å². The Morgan fingerprint density at radius 1 is 1.57 bits per heavy atom. The van der Waals surface area contributed by atoms with Gasteiger partial charge in [0.15, 0.2) is 0 Å². The van der Waals surface area contributed by atoms with Crippen LogP contribution in [0.2, 0.25) is 0 Å². The zero-order valence-electron chi connectivity index (χ0n) is 7.79. The normalized spacial score (nSPS) is 9.86. The smallest absolute Gasteiger partial charge is 0.303 e. The van der Waals surface area contributed by atoms with Crippen molar-refractivity contribution in [2.75, 3.05) is 7.11 Å². The minimum atomic E-state index is -0.878. The van der Waals surface area contributed by atoms with Crippen LogP contribution < -0.4 is 4.74 Å². The van der Waals surface area contributed by atoms with Crippen LogP contribution in [0.5, 0.6) is 5.75 Å². The zero-order valence-corrected chi connectivity index (χ0v) is 7.79. The van der Waals surface area contributed by atoms with Crippen molar-refractivity contribution in [2.24, 2.45) is 0 Å². The molecule has 0 unspecified atom stereocenters. The van der Waals surface area contributed by atoms with E-state index in [4.69, 9.17) is 9.84 Å². The average Bonchev–Trinajstić information content (AvgIpc) is 2.15. The fraction of sp³-hybridized carbons (Fsp3) is 0.300. The molecule has 3 nitrogen and oxygen atoms in total. The van der Waals surface area contributed by atoms with E-state index in [0.717, 1.165) is 0 Å². The highest BCUT2D eigenvalue weighted by molar-refractivity contribution is 5.67. The molecule has 1 N–H and O–H groups in total. The molecule has 14 heavy (non-hydrogen) atoms. The molecule has 0 atom stereocenters. The molecule has 0 saturated heterocycles. The van der Waals surface area contributed by atoms with E-state index in [2.05, 4.69) is 0 Å². The van der Waals surface area contributed by atoms with Gasteiger partial charge in [-0.3, -0.25) is 4.79 Å². The third kappa shape index (κ3) is 2.73. The highest BCUT2D eigenvalue weighted by Crippen LogP contribution is 2.20. The number of aryl methyl sites for hydroxylation is 1. The number of aliphatic carboxylic acids is 1. The molecule has 0 heterocycles. The molecule has 0 aromatic heterocycles. The van der Waals surface area contributed by atoms with Gasteiger partial charge >= 0.3 is 5.97 Å². The maximum atomic E-state index is 12.7. The topological polar surface area (TPSA) is 46.5 Å². The van der Waals surface area contributed by atoms with Gasteiger partial charge in [-0.15, -0.1) is 0 Å². The second-order valence-corrected chi connectivity index (χ2v) is 2.85. The van der Waals surface area contributed by atoms with Gasteiger partial charge in [0.1, 0.15) is 11.6 Å². The van der Waals surface area contributed by atoms with Gasteiger partial charge in [0.25, 0.3) is 0 Å². The standard InChI is InChI=1S/C10H11FO3/c1-14-9-6-8(11)4-2-7(9)3-5-10(12)13/h2,4,6H,3,5H2,1H3,(H,12,13). The number of halogens is 1. The Kier molecular flexibility index (Phi) is 3.45. The molecule has 0 amide bonds. The monoisotopic (exact) mass is 198 g/mol. The van der Waals surface area contributed by atoms with Crippen molar-refractivity contribution < 1.29 is 19.0 Å². The molecule has 0 fully saturated rings. The van der Waals surface area contributed by atoms with Gasteiger partial charge in [0, 0.05) is 12.5 Å². The molecule has 1 aromatic carbocycles. The van der Waals surface area contributed by atoms with E-state index in [1.54, 1.807) is 0 Å². The third-order valence-electron chi connectivity index (χ3n) is 1.86. The van der Waals surface area contributed by atoms with E-state index in [0.29, 0.717) is 17.7 Å². The Morgan fingerprint density at radius 3 is 2.86 bits per heavy atom. The zero-order chi connectivity index (χ0) is 10.6. The summed E-state index contributed by atoms with van der Waals surface area (Å²) in [6, 6.07) is 4.08. The number of methoxy groups -OCH3 is 1. The molecule has 0 saturated carbocycles. The summed E-state index contributed by atoms with van der Waals surface area (Å²) in [7, 11) is 1.43. The van der Waals surface area contributed by atoms with E-state index in [1.807, 2.05) is 0 Å². The molecule has 76 valence electrons. The maximum absolute atomic E-state index is 12.7. The van der Waals surface area contributed by atoms with Crippen LogP contribution in [0, 0.1) is 5.82 Å². The van der Waals surface area contributed by atoms with Crippen LogP contribution >= 0.6 is 0 Å². The van der Waals surface area contributed by atoms with E-state index in [1.165, 1.54) is 25.3 Å². The van der Waals surface area contributed by atoms with Gasteiger partial charge in [-0.2, -0.15) is 0 Å². The number of benzene rings is 1. The summed E-state index contributed by atoms with van der Waals surface area (Å²) in [5, 5.41) is 8.48. The predicted octanol–water partition coefficient (Wildman–Crippen LogP) is 1.85. The molecule has 0 aliphatic rings. The SMILES string of the molecule is COc1cc(F)ccc1CCC(=O)O. The molecule has 0 aliphatic carbocycles. The van der Waals surface area contributed by atoms with Crippen LogP contribution in [0.4, 0.5) is 4.39 Å². The van der Waals surface area contributed by atoms with Gasteiger partial charge in [-0.25, -0.2) is 4.39 Å². The Labute approximate surface area is 81.1 Å². The van der Waals surface area contributed by atoms with Crippen molar-refractivity contribution in [3.8, 4) is 5.75 Å². The Morgan fingerprint density at radius 2 is 2.29 bits per heavy atom. The van der Waals surface area contributed by atoms with Gasteiger partial charge in [-0.1, -0.05) is 6.07 Å². The molecule has 0 aliphatic heterocycles. The Bertz CT molecular complexity index is 336. The first-order valence-corrected chi connectivity index (χ1v) is 4.17. The lowest BCUT2D eigenvalue weighted by atomic mass is 10.1. The van der Waals surface area contributed by atoms with E-state index in [-0.39, 0.29) is 12.2 Å². The first-order chi connectivity index (χ1) is 6.63. The molecular weight excluding hydrogens is 187 g/mol. The average molecular weight is 198 g/mol. The first kappa shape index (κ1) is 10.5. The lowest BCUT2D eigenvalue weighted by Crippen LogP contribution is -1.99. The fourth-order valence-electron chi connectivity index (χ4n) is 1.17. The summed E-state index contributed by atoms with van der Waals surface area (Å²) in [5.74, 6) is -0.872. The third-order valence-corrected chi connectivity index (χ3v) is 1.86. The van der Waals surface area contributed by atoms with Crippen LogP contribution in [0.1, 0.15) is 12.0 Å². The van der Waals surface area contributed by atoms with Crippen molar-refractivity contribution in [1.82, 2.24) is 0 Å². The van der Waals surface area contributed by atoms with Crippen molar-refractivity contribution in [1.29, 1.82) is 0 Å². The van der Waals surface area contributed by atoms with Crippen molar-refractivity contribution >= 4 is 5.97 Å².